The van der Waals surface area contributed by atoms with E-state index in [1.165, 1.54) is 18.2 Å². The van der Waals surface area contributed by atoms with E-state index in [1.54, 1.807) is 42.5 Å². The quantitative estimate of drug-likeness (QED) is 0.467. The van der Waals surface area contributed by atoms with E-state index >= 15 is 0 Å². The first-order valence-corrected chi connectivity index (χ1v) is 8.79. The van der Waals surface area contributed by atoms with Gasteiger partial charge in [-0.05, 0) is 48.0 Å². The second-order valence-electron chi connectivity index (χ2n) is 6.15. The first-order valence-electron chi connectivity index (χ1n) is 8.41. The van der Waals surface area contributed by atoms with Crippen LogP contribution >= 0.6 is 11.6 Å². The number of hydrogen-bond acceptors (Lipinski definition) is 3. The zero-order valence-electron chi connectivity index (χ0n) is 14.4. The van der Waals surface area contributed by atoms with Gasteiger partial charge in [-0.1, -0.05) is 41.9 Å². The molecule has 6 heteroatoms. The minimum absolute atomic E-state index is 0.0730. The lowest BCUT2D eigenvalue weighted by Crippen LogP contribution is -2.12. The van der Waals surface area contributed by atoms with Gasteiger partial charge in [-0.15, -0.1) is 0 Å². The van der Waals surface area contributed by atoms with Crippen molar-refractivity contribution in [3.05, 3.63) is 99.6 Å². The van der Waals surface area contributed by atoms with Crippen LogP contribution in [-0.4, -0.2) is 5.91 Å². The minimum Gasteiger partial charge on any atom is -0.422 e. The summed E-state index contributed by atoms with van der Waals surface area (Å²) in [4.78, 5) is 24.6. The molecule has 1 N–H and O–H groups in total. The molecule has 0 aliphatic heterocycles. The fourth-order valence-electron chi connectivity index (χ4n) is 2.84. The number of anilines is 1. The lowest BCUT2D eigenvalue weighted by atomic mass is 10.0. The molecule has 0 atom stereocenters. The number of fused-ring (bicyclic) bond motifs is 1. The Morgan fingerprint density at radius 2 is 1.71 bits per heavy atom. The largest absolute Gasteiger partial charge is 0.422 e. The molecule has 3 aromatic carbocycles. The molecule has 0 radical (unpaired) electrons. The number of hydrogen-bond donors (Lipinski definition) is 1. The maximum atomic E-state index is 13.2. The fourth-order valence-corrected chi connectivity index (χ4v) is 3.02. The predicted octanol–water partition coefficient (Wildman–Crippen LogP) is 5.50. The number of amides is 1. The number of rotatable bonds is 3. The Morgan fingerprint density at radius 1 is 0.964 bits per heavy atom. The summed E-state index contributed by atoms with van der Waals surface area (Å²) in [5.74, 6) is -0.932. The summed E-state index contributed by atoms with van der Waals surface area (Å²) in [5, 5.41) is 3.39. The molecular weight excluding hydrogens is 381 g/mol. The van der Waals surface area contributed by atoms with E-state index in [9.17, 15) is 14.0 Å². The van der Waals surface area contributed by atoms with Crippen LogP contribution in [0.15, 0.2) is 82.0 Å². The maximum absolute atomic E-state index is 13.2. The molecule has 28 heavy (non-hydrogen) atoms. The first kappa shape index (κ1) is 17.9. The molecule has 0 aliphatic carbocycles. The molecule has 0 saturated heterocycles. The van der Waals surface area contributed by atoms with Gasteiger partial charge in [0.2, 0.25) is 0 Å². The second kappa shape index (κ2) is 7.29. The average Bonchev–Trinajstić information content (AvgIpc) is 2.70. The van der Waals surface area contributed by atoms with Gasteiger partial charge in [-0.2, -0.15) is 0 Å². The van der Waals surface area contributed by atoms with Crippen molar-refractivity contribution >= 4 is 34.2 Å². The minimum atomic E-state index is -0.557. The molecule has 1 aromatic heterocycles. The Bertz CT molecular complexity index is 1250. The summed E-state index contributed by atoms with van der Waals surface area (Å²) in [6, 6.07) is 19.5. The number of nitrogens with one attached hydrogen (secondary N) is 1. The molecule has 0 unspecified atom stereocenters. The van der Waals surface area contributed by atoms with Crippen molar-refractivity contribution in [2.24, 2.45) is 0 Å². The Hall–Kier alpha value is -3.44. The normalized spacial score (nSPS) is 10.8. The number of halogens is 2. The van der Waals surface area contributed by atoms with Gasteiger partial charge in [-0.25, -0.2) is 9.18 Å². The van der Waals surface area contributed by atoms with Gasteiger partial charge in [-0.3, -0.25) is 4.79 Å². The molecule has 1 amide bonds. The van der Waals surface area contributed by atoms with Crippen LogP contribution < -0.4 is 10.9 Å². The van der Waals surface area contributed by atoms with Crippen LogP contribution in [0.25, 0.3) is 22.1 Å². The van der Waals surface area contributed by atoms with E-state index in [1.807, 2.05) is 12.1 Å². The van der Waals surface area contributed by atoms with Crippen LogP contribution in [0, 0.1) is 5.82 Å². The monoisotopic (exact) mass is 393 g/mol. The Balaban J connectivity index is 1.60. The third kappa shape index (κ3) is 3.52. The van der Waals surface area contributed by atoms with E-state index < -0.39 is 11.4 Å². The van der Waals surface area contributed by atoms with Crippen LogP contribution in [0.4, 0.5) is 10.1 Å². The van der Waals surface area contributed by atoms with Crippen molar-refractivity contribution in [3.63, 3.8) is 0 Å². The highest BCUT2D eigenvalue weighted by molar-refractivity contribution is 6.31. The summed E-state index contributed by atoms with van der Waals surface area (Å²) in [5.41, 5.74) is 1.89. The molecular formula is C22H13ClFNO3. The van der Waals surface area contributed by atoms with Gasteiger partial charge in [0.05, 0.1) is 10.6 Å². The highest BCUT2D eigenvalue weighted by Crippen LogP contribution is 2.23. The van der Waals surface area contributed by atoms with Gasteiger partial charge in [0.15, 0.2) is 0 Å². The standard InChI is InChI=1S/C22H13ClFNO3/c23-18-12-16(9-10-19(18)24)25-21(26)14-7-5-13(6-8-14)17-11-15-3-1-2-4-20(15)28-22(17)27/h1-12H,(H,25,26). The van der Waals surface area contributed by atoms with Crippen molar-refractivity contribution in [2.45, 2.75) is 0 Å². The number of benzene rings is 3. The van der Waals surface area contributed by atoms with Crippen LogP contribution in [0.5, 0.6) is 0 Å². The third-order valence-electron chi connectivity index (χ3n) is 4.28. The van der Waals surface area contributed by atoms with Crippen molar-refractivity contribution in [1.29, 1.82) is 0 Å². The predicted molar refractivity (Wildman–Crippen MR) is 107 cm³/mol. The number of carbonyl (C=O) groups excluding carboxylic acids is 1. The molecule has 4 rings (SSSR count). The Kier molecular flexibility index (Phi) is 4.67. The topological polar surface area (TPSA) is 59.3 Å². The van der Waals surface area contributed by atoms with Crippen molar-refractivity contribution in [1.82, 2.24) is 0 Å². The van der Waals surface area contributed by atoms with Gasteiger partial charge in [0.25, 0.3) is 5.91 Å². The Labute approximate surface area is 164 Å². The molecule has 0 spiro atoms. The molecule has 0 saturated carbocycles. The van der Waals surface area contributed by atoms with E-state index in [0.29, 0.717) is 28.0 Å². The highest BCUT2D eigenvalue weighted by atomic mass is 35.5. The molecule has 0 bridgehead atoms. The van der Waals surface area contributed by atoms with Gasteiger partial charge < -0.3 is 9.73 Å². The summed E-state index contributed by atoms with van der Waals surface area (Å²) in [7, 11) is 0. The van der Waals surface area contributed by atoms with Crippen LogP contribution in [0.3, 0.4) is 0 Å². The highest BCUT2D eigenvalue weighted by Gasteiger charge is 2.11. The zero-order valence-corrected chi connectivity index (χ0v) is 15.2. The lowest BCUT2D eigenvalue weighted by molar-refractivity contribution is 0.102. The zero-order chi connectivity index (χ0) is 19.7. The van der Waals surface area contributed by atoms with Crippen molar-refractivity contribution in [2.75, 3.05) is 5.32 Å². The number of para-hydroxylation sites is 1. The summed E-state index contributed by atoms with van der Waals surface area (Å²) in [6.07, 6.45) is 0. The first-order chi connectivity index (χ1) is 13.5. The van der Waals surface area contributed by atoms with Gasteiger partial charge >= 0.3 is 5.63 Å². The summed E-state index contributed by atoms with van der Waals surface area (Å²) < 4.78 is 18.6. The van der Waals surface area contributed by atoms with Gasteiger partial charge in [0.1, 0.15) is 11.4 Å². The second-order valence-corrected chi connectivity index (χ2v) is 6.55. The molecule has 4 aromatic rings. The van der Waals surface area contributed by atoms with Crippen LogP contribution in [-0.2, 0) is 0 Å². The van der Waals surface area contributed by atoms with Crippen LogP contribution in [0.2, 0.25) is 5.02 Å². The van der Waals surface area contributed by atoms with Gasteiger partial charge in [0, 0.05) is 16.6 Å². The SMILES string of the molecule is O=C(Nc1ccc(F)c(Cl)c1)c1ccc(-c2cc3ccccc3oc2=O)cc1. The van der Waals surface area contributed by atoms with Crippen molar-refractivity contribution < 1.29 is 13.6 Å². The maximum Gasteiger partial charge on any atom is 0.344 e. The molecule has 138 valence electrons. The van der Waals surface area contributed by atoms with E-state index in [2.05, 4.69) is 5.32 Å². The average molecular weight is 394 g/mol. The van der Waals surface area contributed by atoms with Crippen LogP contribution in [0.1, 0.15) is 10.4 Å². The molecule has 0 fully saturated rings. The molecule has 0 aliphatic rings. The summed E-state index contributed by atoms with van der Waals surface area (Å²) in [6.45, 7) is 0. The number of carbonyl (C=O) groups is 1. The Morgan fingerprint density at radius 3 is 2.46 bits per heavy atom. The lowest BCUT2D eigenvalue weighted by Gasteiger charge is -2.07. The van der Waals surface area contributed by atoms with Crippen molar-refractivity contribution in [3.8, 4) is 11.1 Å². The van der Waals surface area contributed by atoms with E-state index in [-0.39, 0.29) is 10.9 Å². The fraction of sp³-hybridized carbons (Fsp3) is 0. The molecule has 1 heterocycles. The molecule has 4 nitrogen and oxygen atoms in total. The third-order valence-corrected chi connectivity index (χ3v) is 4.57. The van der Waals surface area contributed by atoms with E-state index in [4.69, 9.17) is 16.0 Å². The summed E-state index contributed by atoms with van der Waals surface area (Å²) >= 11 is 5.72. The van der Waals surface area contributed by atoms with E-state index in [0.717, 1.165) is 5.39 Å². The smallest absolute Gasteiger partial charge is 0.344 e.